The van der Waals surface area contributed by atoms with Crippen molar-refractivity contribution in [3.05, 3.63) is 95.8 Å². The van der Waals surface area contributed by atoms with Gasteiger partial charge in [0.25, 0.3) is 10.0 Å². The van der Waals surface area contributed by atoms with Crippen LogP contribution in [-0.4, -0.2) is 43.8 Å². The molecule has 3 aromatic carbocycles. The minimum atomic E-state index is -4.15. The fraction of sp³-hybridized carbons (Fsp3) is 0.355. The van der Waals surface area contributed by atoms with E-state index in [1.54, 1.807) is 49.4 Å². The maximum atomic E-state index is 14.6. The molecule has 2 atom stereocenters. The van der Waals surface area contributed by atoms with E-state index in [-0.39, 0.29) is 29.0 Å². The average Bonchev–Trinajstić information content (AvgIpc) is 2.95. The Morgan fingerprint density at radius 1 is 0.875 bits per heavy atom. The van der Waals surface area contributed by atoms with E-state index in [0.717, 1.165) is 9.87 Å². The van der Waals surface area contributed by atoms with Crippen molar-refractivity contribution in [2.75, 3.05) is 10.8 Å². The van der Waals surface area contributed by atoms with Crippen LogP contribution in [0.2, 0.25) is 0 Å². The van der Waals surface area contributed by atoms with E-state index < -0.39 is 40.2 Å². The van der Waals surface area contributed by atoms with Crippen molar-refractivity contribution in [1.29, 1.82) is 0 Å². The SMILES string of the molecule is CC[C@@H](C)NC(=O)[C@H](C)N(Cc1ccccc1F)C(=O)CN(c1ccc(C(C)C)cc1)S(=O)(=O)c1ccccc1. The molecular weight excluding hydrogens is 529 g/mol. The number of halogens is 1. The van der Waals surface area contributed by atoms with Crippen molar-refractivity contribution in [1.82, 2.24) is 10.2 Å². The van der Waals surface area contributed by atoms with E-state index in [1.807, 2.05) is 39.8 Å². The summed E-state index contributed by atoms with van der Waals surface area (Å²) in [5.74, 6) is -1.33. The first-order chi connectivity index (χ1) is 18.9. The Hall–Kier alpha value is -3.72. The van der Waals surface area contributed by atoms with Crippen LogP contribution in [0.15, 0.2) is 83.8 Å². The van der Waals surface area contributed by atoms with Crippen molar-refractivity contribution in [3.63, 3.8) is 0 Å². The highest BCUT2D eigenvalue weighted by Gasteiger charge is 2.33. The average molecular weight is 568 g/mol. The molecular formula is C31H38FN3O4S. The maximum Gasteiger partial charge on any atom is 0.264 e. The number of carbonyl (C=O) groups excluding carboxylic acids is 2. The van der Waals surface area contributed by atoms with Gasteiger partial charge < -0.3 is 10.2 Å². The summed E-state index contributed by atoms with van der Waals surface area (Å²) >= 11 is 0. The molecule has 214 valence electrons. The molecule has 7 nitrogen and oxygen atoms in total. The van der Waals surface area contributed by atoms with Crippen molar-refractivity contribution in [3.8, 4) is 0 Å². The van der Waals surface area contributed by atoms with Gasteiger partial charge in [-0.3, -0.25) is 13.9 Å². The Balaban J connectivity index is 2.04. The zero-order valence-corrected chi connectivity index (χ0v) is 24.5. The predicted molar refractivity (Wildman–Crippen MR) is 156 cm³/mol. The molecule has 0 aliphatic rings. The summed E-state index contributed by atoms with van der Waals surface area (Å²) in [7, 11) is -4.15. The number of anilines is 1. The monoisotopic (exact) mass is 567 g/mol. The van der Waals surface area contributed by atoms with E-state index in [0.29, 0.717) is 12.1 Å². The molecule has 0 aromatic heterocycles. The lowest BCUT2D eigenvalue weighted by molar-refractivity contribution is -0.139. The number of nitrogens with zero attached hydrogens (tertiary/aromatic N) is 2. The van der Waals surface area contributed by atoms with E-state index >= 15 is 0 Å². The highest BCUT2D eigenvalue weighted by molar-refractivity contribution is 7.92. The van der Waals surface area contributed by atoms with Crippen LogP contribution in [0.4, 0.5) is 10.1 Å². The summed E-state index contributed by atoms with van der Waals surface area (Å²) in [4.78, 5) is 28.2. The van der Waals surface area contributed by atoms with Crippen LogP contribution in [0.1, 0.15) is 58.1 Å². The van der Waals surface area contributed by atoms with Gasteiger partial charge in [0.1, 0.15) is 18.4 Å². The number of nitrogens with one attached hydrogen (secondary N) is 1. The number of amides is 2. The molecule has 0 saturated heterocycles. The summed E-state index contributed by atoms with van der Waals surface area (Å²) in [6.45, 7) is 8.62. The van der Waals surface area contributed by atoms with Crippen molar-refractivity contribution >= 4 is 27.5 Å². The first kappa shape index (κ1) is 30.8. The Kier molecular flexibility index (Phi) is 10.5. The third-order valence-electron chi connectivity index (χ3n) is 6.92. The highest BCUT2D eigenvalue weighted by atomic mass is 32.2. The smallest absolute Gasteiger partial charge is 0.264 e. The van der Waals surface area contributed by atoms with E-state index in [9.17, 15) is 22.4 Å². The van der Waals surface area contributed by atoms with E-state index in [4.69, 9.17) is 0 Å². The number of benzene rings is 3. The second kappa shape index (κ2) is 13.6. The molecule has 0 aliphatic carbocycles. The summed E-state index contributed by atoms with van der Waals surface area (Å²) < 4.78 is 43.3. The first-order valence-corrected chi connectivity index (χ1v) is 14.9. The summed E-state index contributed by atoms with van der Waals surface area (Å²) in [6.07, 6.45) is 0.690. The van der Waals surface area contributed by atoms with Crippen LogP contribution >= 0.6 is 0 Å². The normalized spacial score (nSPS) is 13.0. The molecule has 3 rings (SSSR count). The van der Waals surface area contributed by atoms with Crippen LogP contribution in [0.25, 0.3) is 0 Å². The third kappa shape index (κ3) is 7.47. The van der Waals surface area contributed by atoms with Gasteiger partial charge in [0, 0.05) is 18.2 Å². The number of rotatable bonds is 12. The van der Waals surface area contributed by atoms with Gasteiger partial charge in [-0.1, -0.05) is 69.3 Å². The van der Waals surface area contributed by atoms with Gasteiger partial charge in [-0.15, -0.1) is 0 Å². The lowest BCUT2D eigenvalue weighted by atomic mass is 10.0. The molecule has 2 amide bonds. The van der Waals surface area contributed by atoms with Gasteiger partial charge in [0.2, 0.25) is 11.8 Å². The van der Waals surface area contributed by atoms with Crippen molar-refractivity contribution in [2.24, 2.45) is 0 Å². The Bertz CT molecular complexity index is 1400. The summed E-state index contributed by atoms with van der Waals surface area (Å²) in [6, 6.07) is 19.8. The van der Waals surface area contributed by atoms with Crippen LogP contribution < -0.4 is 9.62 Å². The van der Waals surface area contributed by atoms with Crippen LogP contribution in [0.3, 0.4) is 0 Å². The third-order valence-corrected chi connectivity index (χ3v) is 8.71. The first-order valence-electron chi connectivity index (χ1n) is 13.5. The lowest BCUT2D eigenvalue weighted by Crippen LogP contribution is -2.52. The maximum absolute atomic E-state index is 14.6. The second-order valence-corrected chi connectivity index (χ2v) is 12.0. The number of hydrogen-bond donors (Lipinski definition) is 1. The number of sulfonamides is 1. The standard InChI is InChI=1S/C31H38FN3O4S/c1-6-23(4)33-31(37)24(5)34(20-26-12-10-11-15-29(26)32)30(36)21-35(27-18-16-25(17-19-27)22(2)3)40(38,39)28-13-8-7-9-14-28/h7-19,22-24H,6,20-21H2,1-5H3,(H,33,37)/t23-,24+/m1/s1. The molecule has 0 unspecified atom stereocenters. The molecule has 40 heavy (non-hydrogen) atoms. The Labute approximate surface area is 237 Å². The van der Waals surface area contributed by atoms with E-state index in [1.165, 1.54) is 29.2 Å². The molecule has 0 spiro atoms. The van der Waals surface area contributed by atoms with Gasteiger partial charge in [-0.05, 0) is 62.1 Å². The predicted octanol–water partition coefficient (Wildman–Crippen LogP) is 5.48. The lowest BCUT2D eigenvalue weighted by Gasteiger charge is -2.32. The Morgan fingerprint density at radius 2 is 1.48 bits per heavy atom. The quantitative estimate of drug-likeness (QED) is 0.314. The fourth-order valence-electron chi connectivity index (χ4n) is 4.13. The molecule has 0 bridgehead atoms. The van der Waals surface area contributed by atoms with Gasteiger partial charge in [-0.25, -0.2) is 12.8 Å². The van der Waals surface area contributed by atoms with E-state index in [2.05, 4.69) is 5.32 Å². The molecule has 3 aromatic rings. The molecule has 0 aliphatic heterocycles. The summed E-state index contributed by atoms with van der Waals surface area (Å²) in [5.41, 5.74) is 1.55. The van der Waals surface area contributed by atoms with Gasteiger partial charge in [0.05, 0.1) is 10.6 Å². The largest absolute Gasteiger partial charge is 0.352 e. The molecule has 0 fully saturated rings. The van der Waals surface area contributed by atoms with Gasteiger partial charge in [0.15, 0.2) is 0 Å². The number of carbonyl (C=O) groups is 2. The molecule has 0 saturated carbocycles. The van der Waals surface area contributed by atoms with Crippen LogP contribution in [0, 0.1) is 5.82 Å². The topological polar surface area (TPSA) is 86.8 Å². The van der Waals surface area contributed by atoms with Gasteiger partial charge >= 0.3 is 0 Å². The molecule has 0 heterocycles. The Morgan fingerprint density at radius 3 is 2.05 bits per heavy atom. The van der Waals surface area contributed by atoms with Crippen molar-refractivity contribution in [2.45, 2.75) is 70.5 Å². The fourth-order valence-corrected chi connectivity index (χ4v) is 5.57. The minimum absolute atomic E-state index is 0.0268. The minimum Gasteiger partial charge on any atom is -0.352 e. The van der Waals surface area contributed by atoms with Crippen molar-refractivity contribution < 1.29 is 22.4 Å². The molecule has 0 radical (unpaired) electrons. The zero-order valence-electron chi connectivity index (χ0n) is 23.7. The highest BCUT2D eigenvalue weighted by Crippen LogP contribution is 2.26. The summed E-state index contributed by atoms with van der Waals surface area (Å²) in [5, 5.41) is 2.86. The zero-order chi connectivity index (χ0) is 29.4. The van der Waals surface area contributed by atoms with Crippen LogP contribution in [-0.2, 0) is 26.2 Å². The van der Waals surface area contributed by atoms with Gasteiger partial charge in [-0.2, -0.15) is 0 Å². The van der Waals surface area contributed by atoms with Crippen LogP contribution in [0.5, 0.6) is 0 Å². The number of hydrogen-bond acceptors (Lipinski definition) is 4. The second-order valence-electron chi connectivity index (χ2n) is 10.2. The molecule has 1 N–H and O–H groups in total. The molecule has 9 heteroatoms.